The highest BCUT2D eigenvalue weighted by Gasteiger charge is 2.16. The standard InChI is InChI=1S/C13H18BrN/c1-10-5-7-15(8-6-10)13-4-3-12(14)9-11(13)2/h3-4,9-10H,5-8H2,1-2H3. The Kier molecular flexibility index (Phi) is 3.35. The van der Waals surface area contributed by atoms with Gasteiger partial charge in [0.15, 0.2) is 0 Å². The maximum absolute atomic E-state index is 3.51. The van der Waals surface area contributed by atoms with E-state index < -0.39 is 0 Å². The highest BCUT2D eigenvalue weighted by Crippen LogP contribution is 2.27. The largest absolute Gasteiger partial charge is 0.371 e. The van der Waals surface area contributed by atoms with E-state index >= 15 is 0 Å². The Hall–Kier alpha value is -0.500. The van der Waals surface area contributed by atoms with Crippen LogP contribution in [0.1, 0.15) is 25.3 Å². The molecule has 1 saturated heterocycles. The number of rotatable bonds is 1. The molecule has 0 N–H and O–H groups in total. The van der Waals surface area contributed by atoms with Crippen LogP contribution >= 0.6 is 15.9 Å². The summed E-state index contributed by atoms with van der Waals surface area (Å²) in [6.45, 7) is 6.97. The fraction of sp³-hybridized carbons (Fsp3) is 0.538. The van der Waals surface area contributed by atoms with Crippen molar-refractivity contribution in [3.8, 4) is 0 Å². The molecule has 0 amide bonds. The van der Waals surface area contributed by atoms with Gasteiger partial charge in [0, 0.05) is 23.2 Å². The van der Waals surface area contributed by atoms with Crippen LogP contribution in [0, 0.1) is 12.8 Å². The van der Waals surface area contributed by atoms with E-state index in [1.54, 1.807) is 0 Å². The van der Waals surface area contributed by atoms with Crippen molar-refractivity contribution in [2.24, 2.45) is 5.92 Å². The topological polar surface area (TPSA) is 3.24 Å². The SMILES string of the molecule is Cc1cc(Br)ccc1N1CCC(C)CC1. The zero-order valence-corrected chi connectivity index (χ0v) is 11.0. The molecule has 0 atom stereocenters. The van der Waals surface area contributed by atoms with E-state index in [9.17, 15) is 0 Å². The molecule has 1 heterocycles. The fourth-order valence-electron chi connectivity index (χ4n) is 2.22. The normalized spacial score (nSPS) is 18.2. The summed E-state index contributed by atoms with van der Waals surface area (Å²) >= 11 is 3.51. The molecule has 0 spiro atoms. The lowest BCUT2D eigenvalue weighted by molar-refractivity contribution is 0.438. The van der Waals surface area contributed by atoms with E-state index in [2.05, 4.69) is 52.9 Å². The third-order valence-corrected chi connectivity index (χ3v) is 3.78. The molecule has 0 aliphatic carbocycles. The quantitative estimate of drug-likeness (QED) is 0.744. The van der Waals surface area contributed by atoms with Crippen LogP contribution in [0.15, 0.2) is 22.7 Å². The van der Waals surface area contributed by atoms with Crippen molar-refractivity contribution in [2.75, 3.05) is 18.0 Å². The second-order valence-corrected chi connectivity index (χ2v) is 5.52. The van der Waals surface area contributed by atoms with Gasteiger partial charge in [0.05, 0.1) is 0 Å². The third kappa shape index (κ3) is 2.54. The van der Waals surface area contributed by atoms with Crippen molar-refractivity contribution >= 4 is 21.6 Å². The van der Waals surface area contributed by atoms with Crippen molar-refractivity contribution in [1.29, 1.82) is 0 Å². The van der Waals surface area contributed by atoms with Crippen LogP contribution in [0.25, 0.3) is 0 Å². The summed E-state index contributed by atoms with van der Waals surface area (Å²) in [5.41, 5.74) is 2.78. The molecule has 1 aliphatic rings. The molecule has 1 aromatic rings. The van der Waals surface area contributed by atoms with Gasteiger partial charge in [-0.25, -0.2) is 0 Å². The number of benzene rings is 1. The summed E-state index contributed by atoms with van der Waals surface area (Å²) in [5.74, 6) is 0.900. The second kappa shape index (κ2) is 4.56. The zero-order valence-electron chi connectivity index (χ0n) is 9.46. The van der Waals surface area contributed by atoms with Crippen molar-refractivity contribution in [1.82, 2.24) is 0 Å². The summed E-state index contributed by atoms with van der Waals surface area (Å²) in [6.07, 6.45) is 2.66. The van der Waals surface area contributed by atoms with Crippen LogP contribution < -0.4 is 4.90 Å². The monoisotopic (exact) mass is 267 g/mol. The predicted octanol–water partition coefficient (Wildman–Crippen LogP) is 3.99. The fourth-order valence-corrected chi connectivity index (χ4v) is 2.70. The molecule has 0 unspecified atom stereocenters. The third-order valence-electron chi connectivity index (χ3n) is 3.28. The molecule has 2 rings (SSSR count). The first-order chi connectivity index (χ1) is 7.16. The summed E-state index contributed by atoms with van der Waals surface area (Å²) in [6, 6.07) is 6.57. The minimum absolute atomic E-state index is 0.900. The first-order valence-corrected chi connectivity index (χ1v) is 6.47. The van der Waals surface area contributed by atoms with E-state index in [1.165, 1.54) is 41.7 Å². The highest BCUT2D eigenvalue weighted by molar-refractivity contribution is 9.10. The van der Waals surface area contributed by atoms with Crippen molar-refractivity contribution in [3.63, 3.8) is 0 Å². The molecule has 0 aromatic heterocycles. The van der Waals surface area contributed by atoms with Crippen LogP contribution in [-0.2, 0) is 0 Å². The summed E-state index contributed by atoms with van der Waals surface area (Å²) in [7, 11) is 0. The van der Waals surface area contributed by atoms with Gasteiger partial charge in [-0.2, -0.15) is 0 Å². The Bertz CT molecular complexity index is 340. The molecule has 1 nitrogen and oxygen atoms in total. The van der Waals surface area contributed by atoms with Gasteiger partial charge in [0.1, 0.15) is 0 Å². The van der Waals surface area contributed by atoms with Gasteiger partial charge in [-0.3, -0.25) is 0 Å². The molecular weight excluding hydrogens is 250 g/mol. The Morgan fingerprint density at radius 2 is 1.93 bits per heavy atom. The zero-order chi connectivity index (χ0) is 10.8. The maximum Gasteiger partial charge on any atom is 0.0396 e. The Morgan fingerprint density at radius 1 is 1.27 bits per heavy atom. The van der Waals surface area contributed by atoms with E-state index in [4.69, 9.17) is 0 Å². The number of anilines is 1. The van der Waals surface area contributed by atoms with Crippen molar-refractivity contribution in [2.45, 2.75) is 26.7 Å². The molecule has 0 bridgehead atoms. The Balaban J connectivity index is 2.15. The lowest BCUT2D eigenvalue weighted by Gasteiger charge is -2.33. The average molecular weight is 268 g/mol. The van der Waals surface area contributed by atoms with E-state index in [0.29, 0.717) is 0 Å². The van der Waals surface area contributed by atoms with Gasteiger partial charge in [-0.05, 0) is 49.4 Å². The highest BCUT2D eigenvalue weighted by atomic mass is 79.9. The van der Waals surface area contributed by atoms with Gasteiger partial charge in [0.2, 0.25) is 0 Å². The lowest BCUT2D eigenvalue weighted by atomic mass is 9.98. The van der Waals surface area contributed by atoms with E-state index in [-0.39, 0.29) is 0 Å². The van der Waals surface area contributed by atoms with Crippen LogP contribution in [0.3, 0.4) is 0 Å². The second-order valence-electron chi connectivity index (χ2n) is 4.60. The number of nitrogens with zero attached hydrogens (tertiary/aromatic N) is 1. The summed E-state index contributed by atoms with van der Waals surface area (Å²) in [4.78, 5) is 2.52. The van der Waals surface area contributed by atoms with Gasteiger partial charge in [-0.1, -0.05) is 22.9 Å². The molecule has 15 heavy (non-hydrogen) atoms. The average Bonchev–Trinajstić information content (AvgIpc) is 2.20. The van der Waals surface area contributed by atoms with Gasteiger partial charge in [-0.15, -0.1) is 0 Å². The minimum Gasteiger partial charge on any atom is -0.371 e. The van der Waals surface area contributed by atoms with Crippen LogP contribution in [0.5, 0.6) is 0 Å². The Morgan fingerprint density at radius 3 is 2.53 bits per heavy atom. The van der Waals surface area contributed by atoms with Crippen LogP contribution in [0.2, 0.25) is 0 Å². The molecular formula is C13H18BrN. The molecule has 1 fully saturated rings. The van der Waals surface area contributed by atoms with Gasteiger partial charge < -0.3 is 4.90 Å². The lowest BCUT2D eigenvalue weighted by Crippen LogP contribution is -2.33. The molecule has 0 saturated carbocycles. The molecule has 1 aromatic carbocycles. The number of halogens is 1. The molecule has 82 valence electrons. The predicted molar refractivity (Wildman–Crippen MR) is 69.5 cm³/mol. The van der Waals surface area contributed by atoms with E-state index in [1.807, 2.05) is 0 Å². The smallest absolute Gasteiger partial charge is 0.0396 e. The molecule has 1 aliphatic heterocycles. The van der Waals surface area contributed by atoms with Crippen LogP contribution in [-0.4, -0.2) is 13.1 Å². The number of hydrogen-bond donors (Lipinski definition) is 0. The molecule has 2 heteroatoms. The number of hydrogen-bond acceptors (Lipinski definition) is 1. The minimum atomic E-state index is 0.900. The van der Waals surface area contributed by atoms with Gasteiger partial charge >= 0.3 is 0 Å². The number of aryl methyl sites for hydroxylation is 1. The molecule has 0 radical (unpaired) electrons. The van der Waals surface area contributed by atoms with Crippen molar-refractivity contribution in [3.05, 3.63) is 28.2 Å². The summed E-state index contributed by atoms with van der Waals surface area (Å²) in [5, 5.41) is 0. The maximum atomic E-state index is 3.51. The first kappa shape index (κ1) is 11.0. The number of piperidine rings is 1. The summed E-state index contributed by atoms with van der Waals surface area (Å²) < 4.78 is 1.18. The Labute approximate surface area is 101 Å². The van der Waals surface area contributed by atoms with E-state index in [0.717, 1.165) is 5.92 Å². The van der Waals surface area contributed by atoms with Crippen LogP contribution in [0.4, 0.5) is 5.69 Å². The van der Waals surface area contributed by atoms with Crippen molar-refractivity contribution < 1.29 is 0 Å². The van der Waals surface area contributed by atoms with Gasteiger partial charge in [0.25, 0.3) is 0 Å². The first-order valence-electron chi connectivity index (χ1n) is 5.68.